The predicted octanol–water partition coefficient (Wildman–Crippen LogP) is 4.05. The molecule has 1 unspecified atom stereocenters. The summed E-state index contributed by atoms with van der Waals surface area (Å²) in [4.78, 5) is 0. The smallest absolute Gasteiger partial charge is 0.129 e. The van der Waals surface area contributed by atoms with Crippen molar-refractivity contribution in [2.45, 2.75) is 46.0 Å². The maximum Gasteiger partial charge on any atom is 0.129 e. The van der Waals surface area contributed by atoms with Gasteiger partial charge in [0.2, 0.25) is 0 Å². The molecule has 1 aromatic carbocycles. The minimum Gasteiger partial charge on any atom is -0.330 e. The van der Waals surface area contributed by atoms with E-state index in [1.54, 1.807) is 0 Å². The fourth-order valence-corrected chi connectivity index (χ4v) is 2.34. The molecule has 102 valence electrons. The van der Waals surface area contributed by atoms with Crippen molar-refractivity contribution in [2.75, 3.05) is 6.54 Å². The van der Waals surface area contributed by atoms with Crippen LogP contribution < -0.4 is 5.73 Å². The molecule has 0 saturated heterocycles. The Morgan fingerprint density at radius 1 is 1.17 bits per heavy atom. The molecule has 0 aromatic heterocycles. The molecular formula is C15H23F2N. The van der Waals surface area contributed by atoms with Crippen LogP contribution in [0, 0.1) is 17.0 Å². The summed E-state index contributed by atoms with van der Waals surface area (Å²) in [5, 5.41) is 0. The van der Waals surface area contributed by atoms with Gasteiger partial charge in [-0.3, -0.25) is 0 Å². The quantitative estimate of drug-likeness (QED) is 0.781. The Morgan fingerprint density at radius 2 is 1.78 bits per heavy atom. The van der Waals surface area contributed by atoms with E-state index < -0.39 is 11.6 Å². The van der Waals surface area contributed by atoms with E-state index in [1.807, 2.05) is 6.92 Å². The van der Waals surface area contributed by atoms with Gasteiger partial charge in [0.25, 0.3) is 0 Å². The maximum atomic E-state index is 13.7. The van der Waals surface area contributed by atoms with Crippen molar-refractivity contribution in [1.82, 2.24) is 0 Å². The van der Waals surface area contributed by atoms with Crippen molar-refractivity contribution in [1.29, 1.82) is 0 Å². The topological polar surface area (TPSA) is 26.0 Å². The van der Waals surface area contributed by atoms with E-state index >= 15 is 0 Å². The average molecular weight is 255 g/mol. The molecular weight excluding hydrogens is 232 g/mol. The first-order valence-corrected chi connectivity index (χ1v) is 6.71. The van der Waals surface area contributed by atoms with Gasteiger partial charge in [0.05, 0.1) is 0 Å². The Labute approximate surface area is 108 Å². The SMILES string of the molecule is CCCCC(CC)(CN)Cc1c(F)cccc1F. The second-order valence-corrected chi connectivity index (χ2v) is 5.04. The summed E-state index contributed by atoms with van der Waals surface area (Å²) in [6.45, 7) is 4.62. The van der Waals surface area contributed by atoms with Gasteiger partial charge in [-0.25, -0.2) is 8.78 Å². The van der Waals surface area contributed by atoms with E-state index in [2.05, 4.69) is 6.92 Å². The molecule has 1 aromatic rings. The largest absolute Gasteiger partial charge is 0.330 e. The molecule has 1 rings (SSSR count). The third kappa shape index (κ3) is 3.52. The first-order chi connectivity index (χ1) is 8.58. The lowest BCUT2D eigenvalue weighted by Crippen LogP contribution is -2.33. The average Bonchev–Trinajstić information content (AvgIpc) is 2.38. The summed E-state index contributed by atoms with van der Waals surface area (Å²) in [6, 6.07) is 4.03. The third-order valence-electron chi connectivity index (χ3n) is 3.86. The predicted molar refractivity (Wildman–Crippen MR) is 71.4 cm³/mol. The van der Waals surface area contributed by atoms with Gasteiger partial charge >= 0.3 is 0 Å². The van der Waals surface area contributed by atoms with Crippen molar-refractivity contribution in [3.63, 3.8) is 0 Å². The van der Waals surface area contributed by atoms with Gasteiger partial charge in [-0.15, -0.1) is 0 Å². The van der Waals surface area contributed by atoms with Crippen LogP contribution >= 0.6 is 0 Å². The van der Waals surface area contributed by atoms with E-state index in [0.29, 0.717) is 13.0 Å². The van der Waals surface area contributed by atoms with E-state index in [-0.39, 0.29) is 11.0 Å². The lowest BCUT2D eigenvalue weighted by atomic mass is 9.75. The molecule has 0 heterocycles. The van der Waals surface area contributed by atoms with E-state index in [4.69, 9.17) is 5.73 Å². The second-order valence-electron chi connectivity index (χ2n) is 5.04. The molecule has 18 heavy (non-hydrogen) atoms. The molecule has 0 spiro atoms. The number of hydrogen-bond donors (Lipinski definition) is 1. The molecule has 0 radical (unpaired) electrons. The summed E-state index contributed by atoms with van der Waals surface area (Å²) < 4.78 is 27.4. The molecule has 2 N–H and O–H groups in total. The molecule has 3 heteroatoms. The fourth-order valence-electron chi connectivity index (χ4n) is 2.34. The standard InChI is InChI=1S/C15H23F2N/c1-3-5-9-15(4-2,11-18)10-12-13(16)7-6-8-14(12)17/h6-8H,3-5,9-11,18H2,1-2H3. The number of halogens is 2. The van der Waals surface area contributed by atoms with Crippen LogP contribution in [-0.2, 0) is 6.42 Å². The highest BCUT2D eigenvalue weighted by atomic mass is 19.1. The van der Waals surface area contributed by atoms with Gasteiger partial charge in [0.15, 0.2) is 0 Å². The van der Waals surface area contributed by atoms with E-state index in [1.165, 1.54) is 18.2 Å². The summed E-state index contributed by atoms with van der Waals surface area (Å²) in [5.41, 5.74) is 5.86. The first-order valence-electron chi connectivity index (χ1n) is 6.71. The van der Waals surface area contributed by atoms with Crippen molar-refractivity contribution in [3.05, 3.63) is 35.4 Å². The number of benzene rings is 1. The monoisotopic (exact) mass is 255 g/mol. The molecule has 0 fully saturated rings. The minimum atomic E-state index is -0.460. The summed E-state index contributed by atoms with van der Waals surface area (Å²) in [5.74, 6) is -0.921. The van der Waals surface area contributed by atoms with Gasteiger partial charge in [-0.2, -0.15) is 0 Å². The number of rotatable bonds is 7. The van der Waals surface area contributed by atoms with Crippen LogP contribution in [0.5, 0.6) is 0 Å². The van der Waals surface area contributed by atoms with Gasteiger partial charge in [-0.1, -0.05) is 32.8 Å². The van der Waals surface area contributed by atoms with Crippen LogP contribution in [-0.4, -0.2) is 6.54 Å². The highest BCUT2D eigenvalue weighted by Gasteiger charge is 2.28. The normalized spacial score (nSPS) is 14.5. The van der Waals surface area contributed by atoms with Crippen LogP contribution in [0.1, 0.15) is 45.1 Å². The molecule has 0 aliphatic carbocycles. The molecule has 0 aliphatic rings. The van der Waals surface area contributed by atoms with Gasteiger partial charge in [0.1, 0.15) is 11.6 Å². The summed E-state index contributed by atoms with van der Waals surface area (Å²) in [6.07, 6.45) is 4.27. The second kappa shape index (κ2) is 6.83. The minimum absolute atomic E-state index is 0.181. The van der Waals surface area contributed by atoms with Crippen LogP contribution in [0.25, 0.3) is 0 Å². The number of hydrogen-bond acceptors (Lipinski definition) is 1. The van der Waals surface area contributed by atoms with Crippen molar-refractivity contribution >= 4 is 0 Å². The van der Waals surface area contributed by atoms with Crippen molar-refractivity contribution in [2.24, 2.45) is 11.1 Å². The molecule has 1 nitrogen and oxygen atoms in total. The van der Waals surface area contributed by atoms with E-state index in [9.17, 15) is 8.78 Å². The Morgan fingerprint density at radius 3 is 2.22 bits per heavy atom. The zero-order valence-corrected chi connectivity index (χ0v) is 11.3. The van der Waals surface area contributed by atoms with Gasteiger partial charge in [0, 0.05) is 5.56 Å². The molecule has 0 aliphatic heterocycles. The number of unbranched alkanes of at least 4 members (excludes halogenated alkanes) is 1. The zero-order chi connectivity index (χ0) is 13.6. The molecule has 0 saturated carbocycles. The third-order valence-corrected chi connectivity index (χ3v) is 3.86. The van der Waals surface area contributed by atoms with Gasteiger partial charge in [-0.05, 0) is 43.4 Å². The lowest BCUT2D eigenvalue weighted by molar-refractivity contribution is 0.245. The Kier molecular flexibility index (Phi) is 5.73. The Hall–Kier alpha value is -0.960. The fraction of sp³-hybridized carbons (Fsp3) is 0.600. The van der Waals surface area contributed by atoms with Gasteiger partial charge < -0.3 is 5.73 Å². The zero-order valence-electron chi connectivity index (χ0n) is 11.3. The van der Waals surface area contributed by atoms with Crippen molar-refractivity contribution in [3.8, 4) is 0 Å². The summed E-state index contributed by atoms with van der Waals surface area (Å²) >= 11 is 0. The highest BCUT2D eigenvalue weighted by Crippen LogP contribution is 2.33. The molecule has 0 bridgehead atoms. The van der Waals surface area contributed by atoms with Crippen LogP contribution in [0.2, 0.25) is 0 Å². The van der Waals surface area contributed by atoms with Crippen LogP contribution in [0.15, 0.2) is 18.2 Å². The Balaban J connectivity index is 2.95. The number of nitrogens with two attached hydrogens (primary N) is 1. The Bertz CT molecular complexity index is 353. The highest BCUT2D eigenvalue weighted by molar-refractivity contribution is 5.21. The molecule has 0 amide bonds. The van der Waals surface area contributed by atoms with Crippen LogP contribution in [0.4, 0.5) is 8.78 Å². The van der Waals surface area contributed by atoms with Crippen molar-refractivity contribution < 1.29 is 8.78 Å². The first kappa shape index (κ1) is 15.1. The lowest BCUT2D eigenvalue weighted by Gasteiger charge is -2.32. The molecule has 1 atom stereocenters. The maximum absolute atomic E-state index is 13.7. The van der Waals surface area contributed by atoms with E-state index in [0.717, 1.165) is 25.7 Å². The van der Waals surface area contributed by atoms with Crippen LogP contribution in [0.3, 0.4) is 0 Å². The summed E-state index contributed by atoms with van der Waals surface area (Å²) in [7, 11) is 0.